The van der Waals surface area contributed by atoms with Crippen LogP contribution >= 0.6 is 0 Å². The fourth-order valence-electron chi connectivity index (χ4n) is 2.94. The molecule has 3 rings (SSSR count). The van der Waals surface area contributed by atoms with Gasteiger partial charge in [-0.1, -0.05) is 0 Å². The van der Waals surface area contributed by atoms with Gasteiger partial charge in [0.15, 0.2) is 0 Å². The van der Waals surface area contributed by atoms with Gasteiger partial charge in [-0.25, -0.2) is 0 Å². The minimum Gasteiger partial charge on any atom is -0.325 e. The molecule has 0 aliphatic carbocycles. The molecule has 1 aromatic rings. The van der Waals surface area contributed by atoms with Crippen LogP contribution in [0.15, 0.2) is 18.2 Å². The Labute approximate surface area is 134 Å². The van der Waals surface area contributed by atoms with Crippen molar-refractivity contribution >= 4 is 23.4 Å². The molecule has 0 bridgehead atoms. The number of amides is 3. The number of rotatable bonds is 3. The average molecular weight is 316 g/mol. The molecule has 2 heterocycles. The van der Waals surface area contributed by atoms with Crippen LogP contribution in [0, 0.1) is 0 Å². The van der Waals surface area contributed by atoms with Crippen molar-refractivity contribution in [3.8, 4) is 0 Å². The monoisotopic (exact) mass is 316 g/mol. The van der Waals surface area contributed by atoms with Crippen molar-refractivity contribution in [2.75, 3.05) is 38.5 Å². The first-order chi connectivity index (χ1) is 11.0. The van der Waals surface area contributed by atoms with Crippen LogP contribution in [-0.2, 0) is 4.79 Å². The third-order valence-electron chi connectivity index (χ3n) is 4.36. The van der Waals surface area contributed by atoms with Crippen molar-refractivity contribution < 1.29 is 14.4 Å². The van der Waals surface area contributed by atoms with Gasteiger partial charge in [-0.3, -0.25) is 24.2 Å². The molecule has 1 atom stereocenters. The van der Waals surface area contributed by atoms with Crippen LogP contribution in [0.25, 0.3) is 0 Å². The van der Waals surface area contributed by atoms with Gasteiger partial charge >= 0.3 is 0 Å². The van der Waals surface area contributed by atoms with Crippen LogP contribution < -0.4 is 10.6 Å². The van der Waals surface area contributed by atoms with Gasteiger partial charge in [0.25, 0.3) is 11.8 Å². The molecule has 1 aromatic carbocycles. The largest absolute Gasteiger partial charge is 0.325 e. The number of fused-ring (bicyclic) bond motifs is 1. The summed E-state index contributed by atoms with van der Waals surface area (Å²) in [6.07, 6.45) is 0. The second-order valence-electron chi connectivity index (χ2n) is 6.00. The molecule has 2 aliphatic rings. The molecule has 1 fully saturated rings. The molecule has 0 saturated carbocycles. The molecular weight excluding hydrogens is 296 g/mol. The molecule has 0 unspecified atom stereocenters. The summed E-state index contributed by atoms with van der Waals surface area (Å²) >= 11 is 0. The van der Waals surface area contributed by atoms with E-state index in [1.807, 2.05) is 0 Å². The number of carbonyl (C=O) groups excluding carboxylic acids is 3. The summed E-state index contributed by atoms with van der Waals surface area (Å²) < 4.78 is 0. The predicted octanol–water partition coefficient (Wildman–Crippen LogP) is 0.145. The zero-order chi connectivity index (χ0) is 16.6. The van der Waals surface area contributed by atoms with Gasteiger partial charge in [0.1, 0.15) is 0 Å². The van der Waals surface area contributed by atoms with E-state index in [0.29, 0.717) is 29.4 Å². The van der Waals surface area contributed by atoms with E-state index < -0.39 is 0 Å². The lowest BCUT2D eigenvalue weighted by atomic mass is 10.1. The highest BCUT2D eigenvalue weighted by Crippen LogP contribution is 2.24. The second-order valence-corrected chi connectivity index (χ2v) is 6.00. The number of nitrogens with one attached hydrogen (secondary N) is 2. The summed E-state index contributed by atoms with van der Waals surface area (Å²) in [6, 6.07) is 5.12. The maximum absolute atomic E-state index is 12.2. The van der Waals surface area contributed by atoms with Crippen LogP contribution in [0.3, 0.4) is 0 Å². The Bertz CT molecular complexity index is 673. The maximum atomic E-state index is 12.2. The van der Waals surface area contributed by atoms with Crippen molar-refractivity contribution in [1.82, 2.24) is 15.1 Å². The van der Waals surface area contributed by atoms with Crippen molar-refractivity contribution in [2.45, 2.75) is 13.0 Å². The molecule has 1 saturated heterocycles. The van der Waals surface area contributed by atoms with Crippen LogP contribution in [0.4, 0.5) is 5.69 Å². The molecule has 7 heteroatoms. The van der Waals surface area contributed by atoms with E-state index in [1.165, 1.54) is 7.05 Å². The number of benzene rings is 1. The van der Waals surface area contributed by atoms with E-state index in [0.717, 1.165) is 24.5 Å². The van der Waals surface area contributed by atoms with E-state index in [9.17, 15) is 14.4 Å². The van der Waals surface area contributed by atoms with Gasteiger partial charge in [0, 0.05) is 38.4 Å². The Morgan fingerprint density at radius 1 is 1.30 bits per heavy atom. The minimum absolute atomic E-state index is 0.121. The molecule has 2 N–H and O–H groups in total. The molecule has 0 spiro atoms. The lowest BCUT2D eigenvalue weighted by molar-refractivity contribution is -0.118. The normalized spacial score (nSPS) is 21.5. The van der Waals surface area contributed by atoms with Crippen molar-refractivity contribution in [2.24, 2.45) is 0 Å². The van der Waals surface area contributed by atoms with Crippen LogP contribution in [0.1, 0.15) is 27.6 Å². The van der Waals surface area contributed by atoms with E-state index in [-0.39, 0.29) is 17.7 Å². The van der Waals surface area contributed by atoms with Crippen LogP contribution in [-0.4, -0.2) is 66.8 Å². The molecule has 0 aromatic heterocycles. The van der Waals surface area contributed by atoms with E-state index in [4.69, 9.17) is 0 Å². The highest BCUT2D eigenvalue weighted by atomic mass is 16.2. The number of nitrogens with zero attached hydrogens (tertiary/aromatic N) is 2. The van der Waals surface area contributed by atoms with Gasteiger partial charge in [-0.05, 0) is 25.1 Å². The molecule has 7 nitrogen and oxygen atoms in total. The topological polar surface area (TPSA) is 81.8 Å². The summed E-state index contributed by atoms with van der Waals surface area (Å²) in [7, 11) is 1.45. The standard InChI is InChI=1S/C16H20N4O3/c1-10-8-17-5-6-20(10)9-14(21)18-11-3-4-12-13(7-11)16(23)19(2)15(12)22/h3-4,7,10,17H,5-6,8-9H2,1-2H3,(H,18,21)/t10-/m1/s1. The van der Waals surface area contributed by atoms with E-state index in [1.54, 1.807) is 18.2 Å². The van der Waals surface area contributed by atoms with Gasteiger partial charge in [-0.15, -0.1) is 0 Å². The molecule has 0 radical (unpaired) electrons. The highest BCUT2D eigenvalue weighted by Gasteiger charge is 2.32. The Morgan fingerprint density at radius 2 is 2.04 bits per heavy atom. The number of carbonyl (C=O) groups is 3. The zero-order valence-corrected chi connectivity index (χ0v) is 13.3. The Balaban J connectivity index is 1.68. The smallest absolute Gasteiger partial charge is 0.261 e. The van der Waals surface area contributed by atoms with E-state index in [2.05, 4.69) is 22.5 Å². The van der Waals surface area contributed by atoms with E-state index >= 15 is 0 Å². The lowest BCUT2D eigenvalue weighted by Crippen LogP contribution is -2.51. The van der Waals surface area contributed by atoms with Crippen LogP contribution in [0.5, 0.6) is 0 Å². The van der Waals surface area contributed by atoms with Crippen molar-refractivity contribution in [3.63, 3.8) is 0 Å². The van der Waals surface area contributed by atoms with Gasteiger partial charge in [-0.2, -0.15) is 0 Å². The number of piperazine rings is 1. The third kappa shape index (κ3) is 2.97. The van der Waals surface area contributed by atoms with Gasteiger partial charge in [0.2, 0.25) is 5.91 Å². The average Bonchev–Trinajstić information content (AvgIpc) is 2.74. The number of hydrogen-bond donors (Lipinski definition) is 2. The van der Waals surface area contributed by atoms with Gasteiger partial charge < -0.3 is 10.6 Å². The quantitative estimate of drug-likeness (QED) is 0.776. The Kier molecular flexibility index (Phi) is 4.14. The molecule has 2 aliphatic heterocycles. The first kappa shape index (κ1) is 15.6. The summed E-state index contributed by atoms with van der Waals surface area (Å²) in [5.41, 5.74) is 1.25. The lowest BCUT2D eigenvalue weighted by Gasteiger charge is -2.33. The maximum Gasteiger partial charge on any atom is 0.261 e. The van der Waals surface area contributed by atoms with Crippen molar-refractivity contribution in [3.05, 3.63) is 29.3 Å². The third-order valence-corrected chi connectivity index (χ3v) is 4.36. The first-order valence-electron chi connectivity index (χ1n) is 7.68. The number of imide groups is 1. The second kappa shape index (κ2) is 6.10. The summed E-state index contributed by atoms with van der Waals surface area (Å²) in [4.78, 5) is 39.2. The SMILES string of the molecule is C[C@@H]1CNCCN1CC(=O)Nc1ccc2c(c1)C(=O)N(C)C2=O. The fourth-order valence-corrected chi connectivity index (χ4v) is 2.94. The first-order valence-corrected chi connectivity index (χ1v) is 7.68. The number of hydrogen-bond acceptors (Lipinski definition) is 5. The minimum atomic E-state index is -0.336. The molecule has 23 heavy (non-hydrogen) atoms. The van der Waals surface area contributed by atoms with Crippen LogP contribution in [0.2, 0.25) is 0 Å². The zero-order valence-electron chi connectivity index (χ0n) is 13.3. The van der Waals surface area contributed by atoms with Gasteiger partial charge in [0.05, 0.1) is 17.7 Å². The molecule has 122 valence electrons. The molecule has 3 amide bonds. The van der Waals surface area contributed by atoms with Crippen molar-refractivity contribution in [1.29, 1.82) is 0 Å². The summed E-state index contributed by atoms with van der Waals surface area (Å²) in [6.45, 7) is 4.96. The fraction of sp³-hybridized carbons (Fsp3) is 0.438. The predicted molar refractivity (Wildman–Crippen MR) is 85.4 cm³/mol. The Morgan fingerprint density at radius 3 is 2.78 bits per heavy atom. The summed E-state index contributed by atoms with van der Waals surface area (Å²) in [5.74, 6) is -0.766. The highest BCUT2D eigenvalue weighted by molar-refractivity contribution is 6.21. The summed E-state index contributed by atoms with van der Waals surface area (Å²) in [5, 5.41) is 6.09. The Hall–Kier alpha value is -2.25. The number of anilines is 1. The molecular formula is C16H20N4O3.